The zero-order chi connectivity index (χ0) is 18.2. The van der Waals surface area contributed by atoms with E-state index in [0.717, 1.165) is 52.0 Å². The molecule has 3 heterocycles. The third-order valence-electron chi connectivity index (χ3n) is 6.48. The molecule has 2 saturated heterocycles. The zero-order valence-electron chi connectivity index (χ0n) is 15.8. The summed E-state index contributed by atoms with van der Waals surface area (Å²) in [7, 11) is 0. The Labute approximate surface area is 161 Å². The Kier molecular flexibility index (Phi) is 4.27. The van der Waals surface area contributed by atoms with Crippen LogP contribution in [0.5, 0.6) is 0 Å². The summed E-state index contributed by atoms with van der Waals surface area (Å²) >= 11 is 0. The van der Waals surface area contributed by atoms with E-state index < -0.39 is 0 Å². The number of nitrogens with zero attached hydrogens (tertiary/aromatic N) is 3. The molecule has 0 aliphatic carbocycles. The molecule has 2 atom stereocenters. The molecule has 0 radical (unpaired) electrons. The summed E-state index contributed by atoms with van der Waals surface area (Å²) < 4.78 is 0. The lowest BCUT2D eigenvalue weighted by atomic mass is 9.83. The van der Waals surface area contributed by atoms with Gasteiger partial charge < -0.3 is 14.7 Å². The van der Waals surface area contributed by atoms with Gasteiger partial charge in [0.15, 0.2) is 0 Å². The average Bonchev–Trinajstić information content (AvgIpc) is 3.28. The van der Waals surface area contributed by atoms with Crippen molar-refractivity contribution in [3.05, 3.63) is 60.2 Å². The van der Waals surface area contributed by atoms with Crippen molar-refractivity contribution < 1.29 is 4.79 Å². The van der Waals surface area contributed by atoms with Gasteiger partial charge in [-0.15, -0.1) is 0 Å². The van der Waals surface area contributed by atoms with Gasteiger partial charge in [0.05, 0.1) is 12.0 Å². The van der Waals surface area contributed by atoms with Crippen molar-refractivity contribution in [3.63, 3.8) is 0 Å². The Morgan fingerprint density at radius 2 is 1.59 bits per heavy atom. The van der Waals surface area contributed by atoms with Crippen LogP contribution < -0.4 is 9.80 Å². The Bertz CT molecular complexity index is 815. The van der Waals surface area contributed by atoms with Crippen LogP contribution in [0, 0.1) is 5.92 Å². The number of fused-ring (bicyclic) bond motifs is 3. The van der Waals surface area contributed by atoms with Crippen LogP contribution in [0.15, 0.2) is 54.6 Å². The van der Waals surface area contributed by atoms with Gasteiger partial charge in [-0.25, -0.2) is 0 Å². The minimum Gasteiger partial charge on any atom is -0.368 e. The van der Waals surface area contributed by atoms with E-state index in [-0.39, 0.29) is 12.0 Å². The number of hydrogen-bond acceptors (Lipinski definition) is 3. The van der Waals surface area contributed by atoms with E-state index in [4.69, 9.17) is 0 Å². The van der Waals surface area contributed by atoms with Crippen LogP contribution in [0.4, 0.5) is 11.4 Å². The van der Waals surface area contributed by atoms with E-state index in [9.17, 15) is 4.79 Å². The van der Waals surface area contributed by atoms with Gasteiger partial charge in [-0.05, 0) is 43.0 Å². The first-order valence-electron chi connectivity index (χ1n) is 10.2. The number of anilines is 2. The maximum absolute atomic E-state index is 13.4. The Morgan fingerprint density at radius 1 is 0.852 bits per heavy atom. The smallest absolute Gasteiger partial charge is 0.228 e. The number of piperazine rings is 1. The van der Waals surface area contributed by atoms with Crippen LogP contribution in [0.25, 0.3) is 0 Å². The van der Waals surface area contributed by atoms with E-state index in [0.29, 0.717) is 5.91 Å². The van der Waals surface area contributed by atoms with Crippen LogP contribution in [-0.4, -0.2) is 49.6 Å². The van der Waals surface area contributed by atoms with Crippen molar-refractivity contribution >= 4 is 17.3 Å². The van der Waals surface area contributed by atoms with Crippen LogP contribution >= 0.6 is 0 Å². The van der Waals surface area contributed by atoms with E-state index in [1.54, 1.807) is 0 Å². The van der Waals surface area contributed by atoms with Crippen LogP contribution in [0.2, 0.25) is 0 Å². The van der Waals surface area contributed by atoms with Crippen LogP contribution in [0.3, 0.4) is 0 Å². The maximum atomic E-state index is 13.4. The summed E-state index contributed by atoms with van der Waals surface area (Å²) in [6.07, 6.45) is 3.18. The predicted molar refractivity (Wildman–Crippen MR) is 109 cm³/mol. The van der Waals surface area contributed by atoms with Gasteiger partial charge in [0.25, 0.3) is 0 Å². The third kappa shape index (κ3) is 2.97. The highest BCUT2D eigenvalue weighted by molar-refractivity contribution is 5.82. The van der Waals surface area contributed by atoms with Crippen molar-refractivity contribution in [1.82, 2.24) is 4.90 Å². The minimum absolute atomic E-state index is 0.0597. The molecule has 27 heavy (non-hydrogen) atoms. The van der Waals surface area contributed by atoms with E-state index in [1.807, 2.05) is 0 Å². The van der Waals surface area contributed by atoms with Crippen LogP contribution in [-0.2, 0) is 11.2 Å². The summed E-state index contributed by atoms with van der Waals surface area (Å²) in [6, 6.07) is 19.6. The fourth-order valence-electron chi connectivity index (χ4n) is 5.09. The van der Waals surface area contributed by atoms with Gasteiger partial charge in [0, 0.05) is 44.1 Å². The first-order chi connectivity index (χ1) is 13.3. The number of para-hydroxylation sites is 2. The average molecular weight is 361 g/mol. The normalized spacial score (nSPS) is 24.5. The number of benzene rings is 2. The van der Waals surface area contributed by atoms with Gasteiger partial charge in [0.2, 0.25) is 5.91 Å². The summed E-state index contributed by atoms with van der Waals surface area (Å²) in [4.78, 5) is 20.5. The summed E-state index contributed by atoms with van der Waals surface area (Å²) in [6.45, 7) is 4.76. The maximum Gasteiger partial charge on any atom is 0.228 e. The lowest BCUT2D eigenvalue weighted by Gasteiger charge is -2.50. The molecular weight excluding hydrogens is 334 g/mol. The van der Waals surface area contributed by atoms with Crippen molar-refractivity contribution in [2.24, 2.45) is 5.92 Å². The molecular formula is C23H27N3O. The van der Waals surface area contributed by atoms with E-state index in [1.165, 1.54) is 16.9 Å². The largest absolute Gasteiger partial charge is 0.368 e. The summed E-state index contributed by atoms with van der Waals surface area (Å²) in [5.41, 5.74) is 3.93. The molecule has 2 aromatic carbocycles. The number of carbonyl (C=O) groups excluding carboxylic acids is 1. The minimum atomic E-state index is 0.0597. The standard InChI is InChI=1S/C23H27N3O/c27-23(24-12-6-7-13-24)20-16-18-8-4-5-11-21(18)26-15-14-25(17-22(20)26)19-9-2-1-3-10-19/h1-5,8-11,20,22H,6-7,12-17H2/t20-,22+/m1/s1. The zero-order valence-corrected chi connectivity index (χ0v) is 15.8. The quantitative estimate of drug-likeness (QED) is 0.822. The molecule has 3 aliphatic heterocycles. The number of rotatable bonds is 2. The van der Waals surface area contributed by atoms with Gasteiger partial charge >= 0.3 is 0 Å². The molecule has 5 rings (SSSR count). The Balaban J connectivity index is 1.47. The number of carbonyl (C=O) groups is 1. The van der Waals surface area contributed by atoms with Crippen molar-refractivity contribution in [1.29, 1.82) is 0 Å². The monoisotopic (exact) mass is 361 g/mol. The molecule has 0 saturated carbocycles. The lowest BCUT2D eigenvalue weighted by Crippen LogP contribution is -2.61. The van der Waals surface area contributed by atoms with Gasteiger partial charge in [-0.1, -0.05) is 36.4 Å². The number of amides is 1. The first-order valence-corrected chi connectivity index (χ1v) is 10.2. The number of likely N-dealkylation sites (tertiary alicyclic amines) is 1. The van der Waals surface area contributed by atoms with Gasteiger partial charge in [-0.3, -0.25) is 4.79 Å². The molecule has 140 valence electrons. The highest BCUT2D eigenvalue weighted by Gasteiger charge is 2.43. The van der Waals surface area contributed by atoms with Gasteiger partial charge in [0.1, 0.15) is 0 Å². The lowest BCUT2D eigenvalue weighted by molar-refractivity contribution is -0.135. The molecule has 0 spiro atoms. The van der Waals surface area contributed by atoms with Gasteiger partial charge in [-0.2, -0.15) is 0 Å². The fourth-order valence-corrected chi connectivity index (χ4v) is 5.09. The number of hydrogen-bond donors (Lipinski definition) is 0. The van der Waals surface area contributed by atoms with Crippen molar-refractivity contribution in [2.75, 3.05) is 42.5 Å². The molecule has 3 aliphatic rings. The Morgan fingerprint density at radius 3 is 2.41 bits per heavy atom. The highest BCUT2D eigenvalue weighted by Crippen LogP contribution is 2.37. The molecule has 0 bridgehead atoms. The van der Waals surface area contributed by atoms with Crippen molar-refractivity contribution in [2.45, 2.75) is 25.3 Å². The molecule has 4 heteroatoms. The molecule has 0 N–H and O–H groups in total. The highest BCUT2D eigenvalue weighted by atomic mass is 16.2. The van der Waals surface area contributed by atoms with Crippen molar-refractivity contribution in [3.8, 4) is 0 Å². The third-order valence-corrected chi connectivity index (χ3v) is 6.48. The second-order valence-corrected chi connectivity index (χ2v) is 8.01. The molecule has 4 nitrogen and oxygen atoms in total. The van der Waals surface area contributed by atoms with E-state index >= 15 is 0 Å². The SMILES string of the molecule is O=C([C@@H]1Cc2ccccc2N2CCN(c3ccccc3)C[C@@H]12)N1CCCC1. The molecule has 2 aromatic rings. The predicted octanol–water partition coefficient (Wildman–Crippen LogP) is 3.18. The molecule has 0 aromatic heterocycles. The second kappa shape index (κ2) is 6.91. The van der Waals surface area contributed by atoms with Crippen LogP contribution in [0.1, 0.15) is 18.4 Å². The molecule has 0 unspecified atom stereocenters. The summed E-state index contributed by atoms with van der Waals surface area (Å²) in [5, 5.41) is 0. The fraction of sp³-hybridized carbons (Fsp3) is 0.435. The first kappa shape index (κ1) is 16.7. The van der Waals surface area contributed by atoms with E-state index in [2.05, 4.69) is 69.3 Å². The Hall–Kier alpha value is -2.49. The topological polar surface area (TPSA) is 26.8 Å². The second-order valence-electron chi connectivity index (χ2n) is 8.01. The summed E-state index contributed by atoms with van der Waals surface area (Å²) in [5.74, 6) is 0.427. The molecule has 2 fully saturated rings. The molecule has 1 amide bonds.